The van der Waals surface area contributed by atoms with E-state index in [1.807, 2.05) is 4.98 Å². The lowest BCUT2D eigenvalue weighted by Crippen LogP contribution is -2.14. The van der Waals surface area contributed by atoms with Crippen molar-refractivity contribution in [3.05, 3.63) is 36.1 Å². The summed E-state index contributed by atoms with van der Waals surface area (Å²) in [6.07, 6.45) is 0. The van der Waals surface area contributed by atoms with Crippen molar-refractivity contribution in [1.29, 1.82) is 0 Å². The molecule has 0 fully saturated rings. The van der Waals surface area contributed by atoms with Gasteiger partial charge >= 0.3 is 5.97 Å². The van der Waals surface area contributed by atoms with Crippen LogP contribution in [0.15, 0.2) is 4.79 Å². The van der Waals surface area contributed by atoms with Gasteiger partial charge in [-0.05, 0) is 0 Å². The number of nitrogens with one attached hydrogen (secondary N) is 1. The average Bonchev–Trinajstić information content (AvgIpc) is 2.35. The number of aromatic nitrogens is 1. The first-order chi connectivity index (χ1) is 8.77. The van der Waals surface area contributed by atoms with Gasteiger partial charge in [0, 0.05) is 0 Å². The van der Waals surface area contributed by atoms with Crippen LogP contribution in [0, 0.1) is 0 Å². The molecule has 0 bridgehead atoms. The normalized spacial score (nSPS) is 10.9. The standard InChI is InChI=1S/C10H3Cl4NO4/c11-3-1-2(4(12)6(14)5(3)13)9(17)15-7(8(1)16)10(18)19/h16H,(H,15,17)(H,18,19). The van der Waals surface area contributed by atoms with E-state index in [9.17, 15) is 14.7 Å². The molecular formula is C10H3Cl4NO4. The second-order valence-electron chi connectivity index (χ2n) is 3.49. The van der Waals surface area contributed by atoms with Crippen LogP contribution in [0.4, 0.5) is 0 Å². The van der Waals surface area contributed by atoms with Gasteiger partial charge in [-0.1, -0.05) is 46.4 Å². The molecule has 0 aliphatic heterocycles. The van der Waals surface area contributed by atoms with Crippen LogP contribution in [0.25, 0.3) is 10.8 Å². The smallest absolute Gasteiger partial charge is 0.356 e. The van der Waals surface area contributed by atoms with Crippen LogP contribution >= 0.6 is 46.4 Å². The predicted octanol–water partition coefficient (Wildman–Crippen LogP) is 3.55. The highest BCUT2D eigenvalue weighted by molar-refractivity contribution is 6.55. The number of aromatic carboxylic acids is 1. The summed E-state index contributed by atoms with van der Waals surface area (Å²) in [4.78, 5) is 24.7. The molecule has 19 heavy (non-hydrogen) atoms. The molecule has 2 rings (SSSR count). The molecule has 1 aromatic heterocycles. The van der Waals surface area contributed by atoms with E-state index >= 15 is 0 Å². The highest BCUT2D eigenvalue weighted by atomic mass is 35.5. The van der Waals surface area contributed by atoms with Crippen molar-refractivity contribution in [2.75, 3.05) is 0 Å². The minimum Gasteiger partial charge on any atom is -0.505 e. The molecule has 0 unspecified atom stereocenters. The number of carbonyl (C=O) groups is 1. The van der Waals surface area contributed by atoms with Gasteiger partial charge < -0.3 is 15.2 Å². The van der Waals surface area contributed by atoms with Crippen molar-refractivity contribution in [2.24, 2.45) is 0 Å². The summed E-state index contributed by atoms with van der Waals surface area (Å²) in [5, 5.41) is 17.4. The maximum Gasteiger partial charge on any atom is 0.356 e. The van der Waals surface area contributed by atoms with Crippen LogP contribution in [0.3, 0.4) is 0 Å². The van der Waals surface area contributed by atoms with E-state index in [2.05, 4.69) is 0 Å². The number of aromatic hydroxyl groups is 1. The van der Waals surface area contributed by atoms with Gasteiger partial charge in [0.15, 0.2) is 11.4 Å². The molecule has 0 aliphatic rings. The minimum absolute atomic E-state index is 0.159. The molecule has 0 spiro atoms. The van der Waals surface area contributed by atoms with Gasteiger partial charge in [0.2, 0.25) is 0 Å². The van der Waals surface area contributed by atoms with Crippen LogP contribution in [0.2, 0.25) is 20.1 Å². The van der Waals surface area contributed by atoms with Crippen molar-refractivity contribution >= 4 is 63.1 Å². The number of rotatable bonds is 1. The summed E-state index contributed by atoms with van der Waals surface area (Å²) in [6.45, 7) is 0. The van der Waals surface area contributed by atoms with Crippen molar-refractivity contribution in [3.63, 3.8) is 0 Å². The Bertz CT molecular complexity index is 784. The molecule has 0 saturated heterocycles. The van der Waals surface area contributed by atoms with Gasteiger partial charge in [-0.3, -0.25) is 4.79 Å². The van der Waals surface area contributed by atoms with E-state index in [1.54, 1.807) is 0 Å². The summed E-state index contributed by atoms with van der Waals surface area (Å²) in [6, 6.07) is 0. The van der Waals surface area contributed by atoms with Crippen LogP contribution in [0.1, 0.15) is 10.5 Å². The molecule has 2 aromatic rings. The van der Waals surface area contributed by atoms with Crippen LogP contribution in [-0.4, -0.2) is 21.2 Å². The monoisotopic (exact) mass is 341 g/mol. The zero-order chi connectivity index (χ0) is 14.5. The zero-order valence-electron chi connectivity index (χ0n) is 8.72. The number of benzene rings is 1. The first-order valence-electron chi connectivity index (χ1n) is 4.61. The number of H-pyrrole nitrogens is 1. The molecule has 9 heteroatoms. The topological polar surface area (TPSA) is 90.4 Å². The number of carboxylic acids is 1. The number of pyridine rings is 1. The van der Waals surface area contributed by atoms with E-state index in [1.165, 1.54) is 0 Å². The molecule has 0 atom stereocenters. The summed E-state index contributed by atoms with van der Waals surface area (Å²) in [7, 11) is 0. The van der Waals surface area contributed by atoms with Crippen LogP contribution in [0.5, 0.6) is 5.75 Å². The fourth-order valence-electron chi connectivity index (χ4n) is 1.58. The Hall–Kier alpha value is -1.14. The first-order valence-corrected chi connectivity index (χ1v) is 6.12. The number of aromatic amines is 1. The number of hydrogen-bond donors (Lipinski definition) is 3. The minimum atomic E-state index is -1.53. The van der Waals surface area contributed by atoms with Crippen molar-refractivity contribution < 1.29 is 15.0 Å². The highest BCUT2D eigenvalue weighted by Crippen LogP contribution is 2.44. The van der Waals surface area contributed by atoms with Crippen molar-refractivity contribution in [2.45, 2.75) is 0 Å². The Morgan fingerprint density at radius 1 is 0.947 bits per heavy atom. The van der Waals surface area contributed by atoms with Crippen LogP contribution < -0.4 is 5.56 Å². The molecule has 5 nitrogen and oxygen atoms in total. The Morgan fingerprint density at radius 2 is 1.42 bits per heavy atom. The molecule has 1 aromatic carbocycles. The lowest BCUT2D eigenvalue weighted by atomic mass is 10.1. The second kappa shape index (κ2) is 4.76. The largest absolute Gasteiger partial charge is 0.505 e. The molecule has 0 saturated carbocycles. The first kappa shape index (κ1) is 14.3. The summed E-state index contributed by atoms with van der Waals surface area (Å²) >= 11 is 23.3. The lowest BCUT2D eigenvalue weighted by Gasteiger charge is -2.10. The van der Waals surface area contributed by atoms with Gasteiger partial charge in [0.25, 0.3) is 5.56 Å². The van der Waals surface area contributed by atoms with Gasteiger partial charge in [0.1, 0.15) is 0 Å². The van der Waals surface area contributed by atoms with Gasteiger partial charge in [-0.25, -0.2) is 4.79 Å². The zero-order valence-corrected chi connectivity index (χ0v) is 11.7. The van der Waals surface area contributed by atoms with E-state index < -0.39 is 23.0 Å². The lowest BCUT2D eigenvalue weighted by molar-refractivity contribution is 0.0687. The number of carboxylic acid groups (broad SMARTS) is 1. The van der Waals surface area contributed by atoms with E-state index in [0.29, 0.717) is 0 Å². The molecular weight excluding hydrogens is 340 g/mol. The van der Waals surface area contributed by atoms with E-state index in [0.717, 1.165) is 0 Å². The Kier molecular flexibility index (Phi) is 3.57. The molecule has 1 heterocycles. The van der Waals surface area contributed by atoms with Crippen molar-refractivity contribution in [3.8, 4) is 5.75 Å². The maximum absolute atomic E-state index is 11.8. The SMILES string of the molecule is O=C(O)c1[nH]c(=O)c2c(Cl)c(Cl)c(Cl)c(Cl)c2c1O. The maximum atomic E-state index is 11.8. The third-order valence-corrected chi connectivity index (χ3v) is 4.22. The van der Waals surface area contributed by atoms with Crippen molar-refractivity contribution in [1.82, 2.24) is 4.98 Å². The Morgan fingerprint density at radius 3 is 1.89 bits per heavy atom. The highest BCUT2D eigenvalue weighted by Gasteiger charge is 2.24. The number of hydrogen-bond acceptors (Lipinski definition) is 3. The Balaban J connectivity index is 3.18. The third kappa shape index (κ3) is 2.03. The quantitative estimate of drug-likeness (QED) is 0.546. The number of fused-ring (bicyclic) bond motifs is 1. The molecule has 100 valence electrons. The second-order valence-corrected chi connectivity index (χ2v) is 5.00. The van der Waals surface area contributed by atoms with Crippen LogP contribution in [-0.2, 0) is 0 Å². The fourth-order valence-corrected chi connectivity index (χ4v) is 2.61. The fraction of sp³-hybridized carbons (Fsp3) is 0. The summed E-state index contributed by atoms with van der Waals surface area (Å²) in [5.41, 5.74) is -1.57. The predicted molar refractivity (Wildman–Crippen MR) is 73.2 cm³/mol. The Labute approximate surface area is 125 Å². The van der Waals surface area contributed by atoms with Gasteiger partial charge in [-0.2, -0.15) is 0 Å². The molecule has 0 amide bonds. The molecule has 3 N–H and O–H groups in total. The number of halogens is 4. The summed E-state index contributed by atoms with van der Waals surface area (Å²) in [5.74, 6) is -2.28. The van der Waals surface area contributed by atoms with E-state index in [-0.39, 0.29) is 30.9 Å². The van der Waals surface area contributed by atoms with E-state index in [4.69, 9.17) is 51.5 Å². The summed E-state index contributed by atoms with van der Waals surface area (Å²) < 4.78 is 0. The van der Waals surface area contributed by atoms with Gasteiger partial charge in [0.05, 0.1) is 30.9 Å². The third-order valence-electron chi connectivity index (χ3n) is 2.42. The molecule has 0 radical (unpaired) electrons. The molecule has 0 aliphatic carbocycles. The van der Waals surface area contributed by atoms with Gasteiger partial charge in [-0.15, -0.1) is 0 Å². The average molecular weight is 343 g/mol.